The summed E-state index contributed by atoms with van der Waals surface area (Å²) in [4.78, 5) is 16.5. The minimum atomic E-state index is -0.0396. The van der Waals surface area contributed by atoms with Gasteiger partial charge in [0.2, 0.25) is 5.16 Å². The number of hydrogen-bond acceptors (Lipinski definition) is 5. The van der Waals surface area contributed by atoms with Gasteiger partial charge in [0.15, 0.2) is 11.6 Å². The predicted molar refractivity (Wildman–Crippen MR) is 92.7 cm³/mol. The van der Waals surface area contributed by atoms with Crippen LogP contribution in [0.15, 0.2) is 58.2 Å². The Balaban J connectivity index is 1.67. The molecule has 0 atom stereocenters. The molecule has 0 aliphatic carbocycles. The van der Waals surface area contributed by atoms with E-state index in [4.69, 9.17) is 0 Å². The van der Waals surface area contributed by atoms with Crippen LogP contribution in [-0.2, 0) is 0 Å². The molecule has 0 bridgehead atoms. The van der Waals surface area contributed by atoms with Crippen LogP contribution in [0.25, 0.3) is 11.4 Å². The number of thioether (sulfide) groups is 1. The van der Waals surface area contributed by atoms with Gasteiger partial charge in [0.05, 0.1) is 5.75 Å². The molecule has 116 valence electrons. The lowest BCUT2D eigenvalue weighted by Gasteiger charge is -1.99. The van der Waals surface area contributed by atoms with Crippen LogP contribution in [0, 0.1) is 0 Å². The van der Waals surface area contributed by atoms with Gasteiger partial charge in [-0.05, 0) is 30.3 Å². The summed E-state index contributed by atoms with van der Waals surface area (Å²) in [5.41, 5.74) is 1.47. The van der Waals surface area contributed by atoms with Crippen LogP contribution < -0.4 is 0 Å². The smallest absolute Gasteiger partial charge is 0.209 e. The number of aromatic hydroxyl groups is 1. The number of rotatable bonds is 5. The summed E-state index contributed by atoms with van der Waals surface area (Å²) in [6, 6.07) is 13.9. The third-order valence-corrected chi connectivity index (χ3v) is 4.65. The molecular weight excluding hydrogens is 378 g/mol. The molecule has 0 radical (unpaired) electrons. The van der Waals surface area contributed by atoms with E-state index in [9.17, 15) is 9.90 Å². The van der Waals surface area contributed by atoms with Crippen LogP contribution in [0.4, 0.5) is 0 Å². The standard InChI is InChI=1S/C16H12BrN3O2S/c17-13-4-2-1-3-12(13)15-18-16(20-19-15)23-9-14(22)10-5-7-11(21)8-6-10/h1-8,21H,9H2,(H,18,19,20). The fraction of sp³-hybridized carbons (Fsp3) is 0.0625. The van der Waals surface area contributed by atoms with Crippen molar-refractivity contribution in [3.05, 3.63) is 58.6 Å². The third-order valence-electron chi connectivity index (χ3n) is 3.12. The van der Waals surface area contributed by atoms with Crippen LogP contribution in [-0.4, -0.2) is 31.8 Å². The average molecular weight is 390 g/mol. The number of nitrogens with zero attached hydrogens (tertiary/aromatic N) is 2. The number of ketones is 1. The summed E-state index contributed by atoms with van der Waals surface area (Å²) in [7, 11) is 0. The Bertz CT molecular complexity index is 833. The second-order valence-corrected chi connectivity index (χ2v) is 6.50. The van der Waals surface area contributed by atoms with Crippen molar-refractivity contribution in [2.75, 3.05) is 5.75 Å². The van der Waals surface area contributed by atoms with Crippen molar-refractivity contribution < 1.29 is 9.90 Å². The molecule has 3 aromatic rings. The molecule has 0 saturated heterocycles. The average Bonchev–Trinajstić information content (AvgIpc) is 3.02. The summed E-state index contributed by atoms with van der Waals surface area (Å²) in [5.74, 6) is 0.985. The van der Waals surface area contributed by atoms with E-state index < -0.39 is 0 Å². The molecule has 7 heteroatoms. The molecule has 0 aliphatic heterocycles. The highest BCUT2D eigenvalue weighted by Crippen LogP contribution is 2.26. The van der Waals surface area contributed by atoms with Gasteiger partial charge in [0, 0.05) is 15.6 Å². The Morgan fingerprint density at radius 3 is 2.65 bits per heavy atom. The Morgan fingerprint density at radius 2 is 1.91 bits per heavy atom. The molecule has 23 heavy (non-hydrogen) atoms. The number of nitrogens with one attached hydrogen (secondary N) is 1. The highest BCUT2D eigenvalue weighted by molar-refractivity contribution is 9.10. The number of phenols is 1. The Morgan fingerprint density at radius 1 is 1.17 bits per heavy atom. The molecular formula is C16H12BrN3O2S. The van der Waals surface area contributed by atoms with E-state index in [1.165, 1.54) is 23.9 Å². The van der Waals surface area contributed by atoms with Crippen molar-refractivity contribution in [3.8, 4) is 17.1 Å². The number of phenolic OH excluding ortho intramolecular Hbond substituents is 1. The van der Waals surface area contributed by atoms with Gasteiger partial charge in [-0.1, -0.05) is 45.9 Å². The zero-order valence-electron chi connectivity index (χ0n) is 11.9. The lowest BCUT2D eigenvalue weighted by Crippen LogP contribution is -2.02. The van der Waals surface area contributed by atoms with Crippen LogP contribution in [0.1, 0.15) is 10.4 Å². The molecule has 1 aromatic heterocycles. The van der Waals surface area contributed by atoms with Gasteiger partial charge in [-0.15, -0.1) is 5.10 Å². The monoisotopic (exact) mass is 389 g/mol. The van der Waals surface area contributed by atoms with Gasteiger partial charge in [-0.3, -0.25) is 9.89 Å². The number of carbonyl (C=O) groups is 1. The molecule has 0 unspecified atom stereocenters. The molecule has 0 saturated carbocycles. The molecule has 0 spiro atoms. The first-order chi connectivity index (χ1) is 11.1. The summed E-state index contributed by atoms with van der Waals surface area (Å²) in [6.07, 6.45) is 0. The Hall–Kier alpha value is -2.12. The Kier molecular flexibility index (Phi) is 4.78. The van der Waals surface area contributed by atoms with Gasteiger partial charge >= 0.3 is 0 Å². The van der Waals surface area contributed by atoms with Crippen molar-refractivity contribution in [2.45, 2.75) is 5.16 Å². The van der Waals surface area contributed by atoms with Crippen LogP contribution in [0.2, 0.25) is 0 Å². The second kappa shape index (κ2) is 6.97. The summed E-state index contributed by atoms with van der Waals surface area (Å²) in [5, 5.41) is 16.8. The van der Waals surface area contributed by atoms with E-state index in [-0.39, 0.29) is 17.3 Å². The normalized spacial score (nSPS) is 10.7. The minimum Gasteiger partial charge on any atom is -0.508 e. The lowest BCUT2D eigenvalue weighted by atomic mass is 10.1. The first kappa shape index (κ1) is 15.8. The van der Waals surface area contributed by atoms with E-state index in [0.29, 0.717) is 16.5 Å². The quantitative estimate of drug-likeness (QED) is 0.510. The number of H-pyrrole nitrogens is 1. The maximum Gasteiger partial charge on any atom is 0.209 e. The largest absolute Gasteiger partial charge is 0.508 e. The summed E-state index contributed by atoms with van der Waals surface area (Å²) >= 11 is 4.74. The van der Waals surface area contributed by atoms with Gasteiger partial charge in [-0.25, -0.2) is 4.98 Å². The fourth-order valence-corrected chi connectivity index (χ4v) is 3.11. The number of benzene rings is 2. The molecule has 1 heterocycles. The first-order valence-electron chi connectivity index (χ1n) is 6.76. The van der Waals surface area contributed by atoms with Crippen molar-refractivity contribution in [2.24, 2.45) is 0 Å². The maximum atomic E-state index is 12.1. The number of hydrogen-bond donors (Lipinski definition) is 2. The number of Topliss-reactive ketones (excluding diaryl/α,β-unsaturated/α-hetero) is 1. The summed E-state index contributed by atoms with van der Waals surface area (Å²) < 4.78 is 0.924. The fourth-order valence-electron chi connectivity index (χ4n) is 1.95. The van der Waals surface area contributed by atoms with Crippen molar-refractivity contribution in [1.29, 1.82) is 0 Å². The van der Waals surface area contributed by atoms with Gasteiger partial charge in [0.25, 0.3) is 0 Å². The van der Waals surface area contributed by atoms with Gasteiger partial charge in [0.1, 0.15) is 5.75 Å². The molecule has 3 rings (SSSR count). The topological polar surface area (TPSA) is 78.9 Å². The van der Waals surface area contributed by atoms with Gasteiger partial charge in [-0.2, -0.15) is 0 Å². The zero-order chi connectivity index (χ0) is 16.2. The number of aromatic nitrogens is 3. The molecule has 2 N–H and O–H groups in total. The van der Waals surface area contributed by atoms with Crippen LogP contribution in [0.3, 0.4) is 0 Å². The maximum absolute atomic E-state index is 12.1. The van der Waals surface area contributed by atoms with Crippen LogP contribution >= 0.6 is 27.7 Å². The lowest BCUT2D eigenvalue weighted by molar-refractivity contribution is 0.102. The molecule has 5 nitrogen and oxygen atoms in total. The van der Waals surface area contributed by atoms with Gasteiger partial charge < -0.3 is 5.11 Å². The number of halogens is 1. The predicted octanol–water partition coefficient (Wildman–Crippen LogP) is 3.91. The Labute approximate surface area is 145 Å². The van der Waals surface area contributed by atoms with Crippen molar-refractivity contribution >= 4 is 33.5 Å². The number of aromatic amines is 1. The molecule has 0 fully saturated rings. The van der Waals surface area contributed by atoms with E-state index >= 15 is 0 Å². The van der Waals surface area contributed by atoms with Crippen LogP contribution in [0.5, 0.6) is 5.75 Å². The molecule has 0 amide bonds. The van der Waals surface area contributed by atoms with Crippen molar-refractivity contribution in [3.63, 3.8) is 0 Å². The molecule has 0 aliphatic rings. The SMILES string of the molecule is O=C(CSc1n[nH]c(-c2ccccc2Br)n1)c1ccc(O)cc1. The van der Waals surface area contributed by atoms with E-state index in [1.54, 1.807) is 12.1 Å². The third kappa shape index (κ3) is 3.80. The summed E-state index contributed by atoms with van der Waals surface area (Å²) in [6.45, 7) is 0. The first-order valence-corrected chi connectivity index (χ1v) is 8.53. The second-order valence-electron chi connectivity index (χ2n) is 4.71. The van der Waals surface area contributed by atoms with E-state index in [2.05, 4.69) is 31.1 Å². The zero-order valence-corrected chi connectivity index (χ0v) is 14.3. The number of carbonyl (C=O) groups excluding carboxylic acids is 1. The highest BCUT2D eigenvalue weighted by Gasteiger charge is 2.12. The molecule has 2 aromatic carbocycles. The highest BCUT2D eigenvalue weighted by atomic mass is 79.9. The van der Waals surface area contributed by atoms with E-state index in [0.717, 1.165) is 10.0 Å². The minimum absolute atomic E-state index is 0.0396. The van der Waals surface area contributed by atoms with Crippen molar-refractivity contribution in [1.82, 2.24) is 15.2 Å². The van der Waals surface area contributed by atoms with E-state index in [1.807, 2.05) is 24.3 Å².